The number of amides is 1. The number of carboxylic acids is 1. The lowest BCUT2D eigenvalue weighted by atomic mass is 9.91. The summed E-state index contributed by atoms with van der Waals surface area (Å²) in [7, 11) is 0. The van der Waals surface area contributed by atoms with E-state index in [-0.39, 0.29) is 30.3 Å². The second kappa shape index (κ2) is 13.7. The molecule has 2 N–H and O–H groups in total. The van der Waals surface area contributed by atoms with Crippen LogP contribution in [0.2, 0.25) is 0 Å². The van der Waals surface area contributed by atoms with Crippen LogP contribution in [-0.4, -0.2) is 52.0 Å². The third-order valence-electron chi connectivity index (χ3n) is 9.23. The highest BCUT2D eigenvalue weighted by atomic mass is 19.4. The molecule has 3 heterocycles. The summed E-state index contributed by atoms with van der Waals surface area (Å²) in [6.45, 7) is 1.44. The third kappa shape index (κ3) is 7.40. The molecule has 1 saturated heterocycles. The zero-order valence-electron chi connectivity index (χ0n) is 27.8. The predicted octanol–water partition coefficient (Wildman–Crippen LogP) is 6.74. The van der Waals surface area contributed by atoms with Gasteiger partial charge < -0.3 is 15.2 Å². The number of rotatable bonds is 6. The fraction of sp³-hybridized carbons (Fsp3) is 0.324. The second-order valence-electron chi connectivity index (χ2n) is 13.1. The fourth-order valence-electron chi connectivity index (χ4n) is 6.76. The van der Waals surface area contributed by atoms with Crippen LogP contribution in [0.4, 0.5) is 30.7 Å². The highest BCUT2D eigenvalue weighted by Crippen LogP contribution is 2.39. The number of hydrogen-bond donors (Lipinski definition) is 2. The molecular weight excluding hydrogens is 699 g/mol. The summed E-state index contributed by atoms with van der Waals surface area (Å²) in [6.07, 6.45) is -5.66. The average Bonchev–Trinajstić information content (AvgIpc) is 3.04. The maximum atomic E-state index is 15.9. The first-order chi connectivity index (χ1) is 24.4. The normalized spacial score (nSPS) is 18.8. The van der Waals surface area contributed by atoms with Gasteiger partial charge in [-0.15, -0.1) is 0 Å². The summed E-state index contributed by atoms with van der Waals surface area (Å²) in [5.41, 5.74) is -1.89. The average molecular weight is 732 g/mol. The Balaban J connectivity index is 1.55. The molecule has 8 nitrogen and oxygen atoms in total. The standard InChI is InChI=1S/C37H32F7N3O5/c1-19-4-3-5-29-32(19)23-10-20(2)33(39)25(12-23)28(14-31(49)50)45-35(51)34(24-11-21(16-52-29)6-7-27(24)38)47-15-22(8-9-46-17-36(40,41)18-46)26(13-30(47)48)37(42,43)44/h3-7,10-13,15,28,34H,8-9,14,16-18H2,1-2H3,(H,45,51)(H,49,50)/t28-,34+/m1/s1. The van der Waals surface area contributed by atoms with E-state index in [1.807, 2.05) is 0 Å². The van der Waals surface area contributed by atoms with E-state index < -0.39 is 95.9 Å². The Labute approximate surface area is 292 Å². The van der Waals surface area contributed by atoms with Gasteiger partial charge in [-0.05, 0) is 78.4 Å². The number of aliphatic carboxylic acids is 1. The topological polar surface area (TPSA) is 101 Å². The minimum Gasteiger partial charge on any atom is -0.488 e. The monoisotopic (exact) mass is 731 g/mol. The first-order valence-corrected chi connectivity index (χ1v) is 16.2. The number of carbonyl (C=O) groups excluding carboxylic acids is 1. The van der Waals surface area contributed by atoms with E-state index in [0.29, 0.717) is 27.0 Å². The van der Waals surface area contributed by atoms with Crippen molar-refractivity contribution >= 4 is 11.9 Å². The van der Waals surface area contributed by atoms with Crippen molar-refractivity contribution in [3.63, 3.8) is 0 Å². The van der Waals surface area contributed by atoms with Crippen LogP contribution in [0.1, 0.15) is 57.4 Å². The molecule has 2 atom stereocenters. The summed E-state index contributed by atoms with van der Waals surface area (Å²) >= 11 is 0. The number of ether oxygens (including phenoxy) is 1. The lowest BCUT2D eigenvalue weighted by molar-refractivity contribution is -0.139. The first-order valence-electron chi connectivity index (χ1n) is 16.2. The Bertz CT molecular complexity index is 2120. The highest BCUT2D eigenvalue weighted by Gasteiger charge is 2.44. The summed E-state index contributed by atoms with van der Waals surface area (Å²) in [5, 5.41) is 12.3. The quantitative estimate of drug-likeness (QED) is 0.213. The van der Waals surface area contributed by atoms with Crippen LogP contribution in [-0.2, 0) is 28.8 Å². The van der Waals surface area contributed by atoms with Crippen LogP contribution in [0, 0.1) is 25.5 Å². The zero-order chi connectivity index (χ0) is 37.7. The molecule has 52 heavy (non-hydrogen) atoms. The molecule has 6 rings (SSSR count). The molecule has 3 aromatic carbocycles. The SMILES string of the molecule is Cc1cc2cc(c1F)[C@@H](CC(=O)O)NC(=O)[C@@H](n1cc(CCN3CC(F)(F)C3)c(C(F)(F)F)cc1=O)c1cc(ccc1F)COc1cccc(C)c1-2. The van der Waals surface area contributed by atoms with Gasteiger partial charge in [0.1, 0.15) is 30.0 Å². The molecule has 1 amide bonds. The molecule has 1 fully saturated rings. The summed E-state index contributed by atoms with van der Waals surface area (Å²) in [4.78, 5) is 41.1. The van der Waals surface area contributed by atoms with Crippen molar-refractivity contribution in [2.24, 2.45) is 0 Å². The first kappa shape index (κ1) is 36.6. The number of nitrogens with one attached hydrogen (secondary N) is 1. The Morgan fingerprint density at radius 3 is 2.40 bits per heavy atom. The molecule has 15 heteroatoms. The number of benzene rings is 3. The number of fused-ring (bicyclic) bond motifs is 6. The van der Waals surface area contributed by atoms with Gasteiger partial charge >= 0.3 is 12.1 Å². The number of carbonyl (C=O) groups is 2. The van der Waals surface area contributed by atoms with E-state index in [4.69, 9.17) is 4.74 Å². The van der Waals surface area contributed by atoms with Gasteiger partial charge in [-0.2, -0.15) is 13.2 Å². The van der Waals surface area contributed by atoms with Gasteiger partial charge in [0.05, 0.1) is 31.1 Å². The molecule has 0 spiro atoms. The Morgan fingerprint density at radius 2 is 1.73 bits per heavy atom. The van der Waals surface area contributed by atoms with Gasteiger partial charge in [0, 0.05) is 35.5 Å². The van der Waals surface area contributed by atoms with Gasteiger partial charge in [-0.1, -0.05) is 18.2 Å². The van der Waals surface area contributed by atoms with Crippen molar-refractivity contribution in [3.05, 3.63) is 122 Å². The lowest BCUT2D eigenvalue weighted by Crippen LogP contribution is -2.56. The van der Waals surface area contributed by atoms with Gasteiger partial charge in [0.25, 0.3) is 11.5 Å². The van der Waals surface area contributed by atoms with Crippen LogP contribution < -0.4 is 15.6 Å². The summed E-state index contributed by atoms with van der Waals surface area (Å²) < 4.78 is 108. The lowest BCUT2D eigenvalue weighted by Gasteiger charge is -2.38. The van der Waals surface area contributed by atoms with Crippen LogP contribution in [0.5, 0.6) is 5.75 Å². The molecule has 4 bridgehead atoms. The fourth-order valence-corrected chi connectivity index (χ4v) is 6.76. The number of aromatic nitrogens is 1. The molecule has 2 aliphatic rings. The minimum absolute atomic E-state index is 0.0924. The molecule has 1 aromatic heterocycles. The van der Waals surface area contributed by atoms with Crippen molar-refractivity contribution in [3.8, 4) is 16.9 Å². The van der Waals surface area contributed by atoms with Crippen molar-refractivity contribution in [2.75, 3.05) is 19.6 Å². The number of halogens is 7. The molecule has 4 aromatic rings. The van der Waals surface area contributed by atoms with Crippen LogP contribution >= 0.6 is 0 Å². The maximum Gasteiger partial charge on any atom is 0.416 e. The molecule has 0 radical (unpaired) electrons. The van der Waals surface area contributed by atoms with E-state index in [1.54, 1.807) is 25.1 Å². The summed E-state index contributed by atoms with van der Waals surface area (Å²) in [6, 6.07) is 8.18. The number of nitrogens with zero attached hydrogens (tertiary/aromatic N) is 2. The summed E-state index contributed by atoms with van der Waals surface area (Å²) in [5.74, 6) is -7.22. The van der Waals surface area contributed by atoms with Gasteiger partial charge in [0.15, 0.2) is 0 Å². The number of carboxylic acid groups (broad SMARTS) is 1. The van der Waals surface area contributed by atoms with Crippen molar-refractivity contribution in [1.82, 2.24) is 14.8 Å². The predicted molar refractivity (Wildman–Crippen MR) is 174 cm³/mol. The van der Waals surface area contributed by atoms with E-state index in [0.717, 1.165) is 17.8 Å². The van der Waals surface area contributed by atoms with E-state index in [2.05, 4.69) is 5.32 Å². The number of likely N-dealkylation sites (tertiary alicyclic amines) is 1. The Kier molecular flexibility index (Phi) is 9.68. The van der Waals surface area contributed by atoms with E-state index >= 15 is 8.78 Å². The van der Waals surface area contributed by atoms with Crippen molar-refractivity contribution in [1.29, 1.82) is 0 Å². The Morgan fingerprint density at radius 1 is 1.00 bits per heavy atom. The molecule has 0 saturated carbocycles. The van der Waals surface area contributed by atoms with Gasteiger partial charge in [0.2, 0.25) is 5.91 Å². The van der Waals surface area contributed by atoms with Crippen molar-refractivity contribution in [2.45, 2.75) is 57.5 Å². The molecule has 0 aliphatic carbocycles. The van der Waals surface area contributed by atoms with Crippen LogP contribution in [0.25, 0.3) is 11.1 Å². The number of pyridine rings is 1. The number of hydrogen-bond acceptors (Lipinski definition) is 5. The molecular formula is C37H32F7N3O5. The van der Waals surface area contributed by atoms with Crippen LogP contribution in [0.15, 0.2) is 65.6 Å². The second-order valence-corrected chi connectivity index (χ2v) is 13.1. The molecule has 0 unspecified atom stereocenters. The van der Waals surface area contributed by atoms with E-state index in [9.17, 15) is 41.4 Å². The van der Waals surface area contributed by atoms with Gasteiger partial charge in [-0.3, -0.25) is 23.9 Å². The van der Waals surface area contributed by atoms with Crippen molar-refractivity contribution < 1.29 is 50.2 Å². The van der Waals surface area contributed by atoms with E-state index in [1.165, 1.54) is 36.1 Å². The molecule has 2 aliphatic heterocycles. The van der Waals surface area contributed by atoms with Gasteiger partial charge in [-0.25, -0.2) is 17.6 Å². The third-order valence-corrected chi connectivity index (χ3v) is 9.23. The Hall–Kier alpha value is -5.18. The maximum absolute atomic E-state index is 15.9. The minimum atomic E-state index is -5.05. The zero-order valence-corrected chi connectivity index (χ0v) is 27.8. The number of aryl methyl sites for hydroxylation is 2. The molecule has 274 valence electrons. The number of alkyl halides is 5. The largest absolute Gasteiger partial charge is 0.488 e. The highest BCUT2D eigenvalue weighted by molar-refractivity contribution is 5.85. The van der Waals surface area contributed by atoms with Crippen LogP contribution in [0.3, 0.4) is 0 Å². The smallest absolute Gasteiger partial charge is 0.416 e.